The number of hydrogen-bond donors (Lipinski definition) is 7. The summed E-state index contributed by atoms with van der Waals surface area (Å²) in [5.74, 6) is -4.82. The highest BCUT2D eigenvalue weighted by molar-refractivity contribution is 5.78. The second-order valence-electron chi connectivity index (χ2n) is 16.6. The van der Waals surface area contributed by atoms with E-state index in [9.17, 15) is 49.5 Å². The number of aryl methyl sites for hydroxylation is 2. The molecule has 2 aromatic carbocycles. The third-order valence-electron chi connectivity index (χ3n) is 10.5. The molecule has 0 saturated heterocycles. The smallest absolute Gasteiger partial charge is 0.317 e. The Bertz CT molecular complexity index is 2350. The van der Waals surface area contributed by atoms with Crippen molar-refractivity contribution in [3.05, 3.63) is 117 Å². The predicted molar refractivity (Wildman–Crippen MR) is 240 cm³/mol. The zero-order valence-corrected chi connectivity index (χ0v) is 37.7. The van der Waals surface area contributed by atoms with Gasteiger partial charge in [-0.25, -0.2) is 0 Å². The minimum absolute atomic E-state index is 0.0106. The lowest BCUT2D eigenvalue weighted by atomic mass is 10.0. The minimum atomic E-state index is -1.10. The van der Waals surface area contributed by atoms with Crippen molar-refractivity contribution < 1.29 is 64.1 Å². The van der Waals surface area contributed by atoms with Crippen molar-refractivity contribution in [1.29, 1.82) is 0 Å². The summed E-state index contributed by atoms with van der Waals surface area (Å²) in [7, 11) is 0. The van der Waals surface area contributed by atoms with Crippen LogP contribution >= 0.6 is 0 Å². The van der Waals surface area contributed by atoms with Gasteiger partial charge in [-0.2, -0.15) is 0 Å². The van der Waals surface area contributed by atoms with Crippen LogP contribution in [0.25, 0.3) is 0 Å². The quantitative estimate of drug-likeness (QED) is 0.0750. The number of nitrogens with one attached hydrogen (secondary N) is 1. The van der Waals surface area contributed by atoms with Crippen LogP contribution in [0.3, 0.4) is 0 Å². The highest BCUT2D eigenvalue weighted by atomic mass is 16.5. The lowest BCUT2D eigenvalue weighted by Gasteiger charge is -2.26. The van der Waals surface area contributed by atoms with E-state index >= 15 is 0 Å². The van der Waals surface area contributed by atoms with E-state index in [0.29, 0.717) is 45.0 Å². The van der Waals surface area contributed by atoms with Crippen LogP contribution in [0.15, 0.2) is 60.7 Å². The number of pyridine rings is 2. The van der Waals surface area contributed by atoms with E-state index in [1.54, 1.807) is 80.3 Å². The van der Waals surface area contributed by atoms with E-state index in [-0.39, 0.29) is 116 Å². The van der Waals surface area contributed by atoms with Crippen molar-refractivity contribution in [2.45, 2.75) is 72.6 Å². The number of fused-ring (bicyclic) bond motifs is 8. The van der Waals surface area contributed by atoms with Crippen molar-refractivity contribution in [2.75, 3.05) is 59.2 Å². The largest absolute Gasteiger partial charge is 0.507 e. The van der Waals surface area contributed by atoms with Gasteiger partial charge >= 0.3 is 23.9 Å². The Labute approximate surface area is 388 Å². The molecule has 0 radical (unpaired) electrons. The maximum Gasteiger partial charge on any atom is 0.317 e. The normalized spacial score (nSPS) is 14.8. The van der Waals surface area contributed by atoms with Gasteiger partial charge in [-0.3, -0.25) is 53.5 Å². The number of aromatic hydroxyl groups is 2. The van der Waals surface area contributed by atoms with Gasteiger partial charge < -0.3 is 45.4 Å². The molecule has 8 bridgehead atoms. The molecule has 1 amide bonds. The number of rotatable bonds is 17. The molecular weight excluding hydrogens is 871 g/mol. The molecule has 20 nitrogen and oxygen atoms in total. The van der Waals surface area contributed by atoms with Crippen LogP contribution in [-0.2, 0) is 85.8 Å². The summed E-state index contributed by atoms with van der Waals surface area (Å²) in [4.78, 5) is 76.8. The van der Waals surface area contributed by atoms with Gasteiger partial charge in [0, 0.05) is 81.2 Å². The molecule has 20 heteroatoms. The molecule has 3 heterocycles. The molecule has 67 heavy (non-hydrogen) atoms. The standard InChI is InChI=1S/C47H59N7O13/c1-31-15-33-19-51(27-41(55)48-10-12-67-14-13-66-11-9-42(56)57)23-37-5-3-6-38(49-37)24-53(29-44(60)61)21-35-17-32(2)18-36(47(35)65)22-54(30-45(62)63)26-40-8-4-7-39(50-40)25-52(28-43(58)59)20-34(16-31)46(33)64/h3-8,15-18,64-65H,9-14,19-30H2,1-2H3,(H,48,55)(H,56,57)(H,58,59)(H,60,61)(H,62,63). The lowest BCUT2D eigenvalue weighted by molar-refractivity contribution is -0.139. The molecule has 5 rings (SSSR count). The second kappa shape index (κ2) is 25.4. The van der Waals surface area contributed by atoms with Gasteiger partial charge in [-0.1, -0.05) is 47.5 Å². The Morgan fingerprint density at radius 2 is 0.851 bits per heavy atom. The topological polar surface area (TPSA) is 276 Å². The monoisotopic (exact) mass is 929 g/mol. The Morgan fingerprint density at radius 3 is 1.19 bits per heavy atom. The van der Waals surface area contributed by atoms with Crippen LogP contribution in [0.5, 0.6) is 11.5 Å². The average molecular weight is 930 g/mol. The molecule has 1 aliphatic heterocycles. The number of phenols is 2. The van der Waals surface area contributed by atoms with E-state index in [0.717, 1.165) is 11.1 Å². The molecule has 0 fully saturated rings. The summed E-state index contributed by atoms with van der Waals surface area (Å²) < 4.78 is 10.7. The fourth-order valence-electron chi connectivity index (χ4n) is 7.89. The number of carboxylic acids is 4. The van der Waals surface area contributed by atoms with Gasteiger partial charge in [0.25, 0.3) is 0 Å². The van der Waals surface area contributed by atoms with Crippen LogP contribution in [0.1, 0.15) is 62.6 Å². The van der Waals surface area contributed by atoms with Gasteiger partial charge in [-0.15, -0.1) is 0 Å². The lowest BCUT2D eigenvalue weighted by Crippen LogP contribution is -2.38. The first-order valence-electron chi connectivity index (χ1n) is 21.7. The van der Waals surface area contributed by atoms with Crippen LogP contribution in [-0.4, -0.2) is 149 Å². The van der Waals surface area contributed by atoms with E-state index in [1.807, 2.05) is 13.8 Å². The zero-order chi connectivity index (χ0) is 48.5. The van der Waals surface area contributed by atoms with Crippen LogP contribution in [0.2, 0.25) is 0 Å². The van der Waals surface area contributed by atoms with Crippen molar-refractivity contribution in [3.63, 3.8) is 0 Å². The molecule has 0 atom stereocenters. The fraction of sp³-hybridized carbons (Fsp3) is 0.426. The van der Waals surface area contributed by atoms with Gasteiger partial charge in [0.05, 0.1) is 81.8 Å². The number of ether oxygens (including phenoxy) is 2. The zero-order valence-electron chi connectivity index (χ0n) is 37.7. The highest BCUT2D eigenvalue weighted by Gasteiger charge is 2.23. The molecule has 7 N–H and O–H groups in total. The van der Waals surface area contributed by atoms with Gasteiger partial charge in [-0.05, 0) is 38.1 Å². The summed E-state index contributed by atoms with van der Waals surface area (Å²) in [5.41, 5.74) is 5.35. The highest BCUT2D eigenvalue weighted by Crippen LogP contribution is 2.30. The molecule has 0 saturated carbocycles. The van der Waals surface area contributed by atoms with Crippen molar-refractivity contribution in [1.82, 2.24) is 34.9 Å². The maximum atomic E-state index is 13.4. The van der Waals surface area contributed by atoms with E-state index in [1.165, 1.54) is 0 Å². The first kappa shape index (κ1) is 51.4. The molecule has 0 spiro atoms. The Balaban J connectivity index is 1.49. The molecule has 4 aromatic rings. The summed E-state index contributed by atoms with van der Waals surface area (Å²) in [6.45, 7) is 3.56. The number of nitrogens with zero attached hydrogens (tertiary/aromatic N) is 6. The fourth-order valence-corrected chi connectivity index (χ4v) is 7.89. The number of phenolic OH excluding ortho intramolecular Hbond substituents is 2. The SMILES string of the molecule is Cc1cc2c(O)c(c1)CN(CC(=O)O)Cc1cccc(n1)CN(CC(=O)NCCOCCOCCC(=O)O)Cc1cc(C)cc(c1O)CN(CC(=O)O)Cc1cccc(n1)CN(CC(=O)O)C2. The number of benzene rings is 2. The van der Waals surface area contributed by atoms with Crippen molar-refractivity contribution >= 4 is 29.8 Å². The molecule has 2 aromatic heterocycles. The summed E-state index contributed by atoms with van der Waals surface area (Å²) in [6.07, 6.45) is -0.119. The predicted octanol–water partition coefficient (Wildman–Crippen LogP) is 2.70. The van der Waals surface area contributed by atoms with E-state index in [2.05, 4.69) is 5.32 Å². The third-order valence-corrected chi connectivity index (χ3v) is 10.5. The Hall–Kier alpha value is -6.55. The number of carboxylic acid groups (broad SMARTS) is 4. The van der Waals surface area contributed by atoms with Gasteiger partial charge in [0.1, 0.15) is 11.5 Å². The number of carbonyl (C=O) groups excluding carboxylic acids is 1. The van der Waals surface area contributed by atoms with Crippen LogP contribution < -0.4 is 5.32 Å². The Kier molecular flexibility index (Phi) is 19.5. The van der Waals surface area contributed by atoms with Crippen molar-refractivity contribution in [2.24, 2.45) is 0 Å². The molecule has 1 aliphatic rings. The molecule has 0 unspecified atom stereocenters. The first-order chi connectivity index (χ1) is 32.0. The number of hydrogen-bond acceptors (Lipinski definition) is 15. The average Bonchev–Trinajstić information content (AvgIpc) is 3.22. The first-order valence-corrected chi connectivity index (χ1v) is 21.7. The number of aromatic nitrogens is 2. The Morgan fingerprint density at radius 1 is 0.507 bits per heavy atom. The van der Waals surface area contributed by atoms with Gasteiger partial charge in [0.15, 0.2) is 0 Å². The second-order valence-corrected chi connectivity index (χ2v) is 16.6. The maximum absolute atomic E-state index is 13.4. The number of carbonyl (C=O) groups is 5. The third kappa shape index (κ3) is 17.6. The van der Waals surface area contributed by atoms with E-state index in [4.69, 9.17) is 24.5 Å². The van der Waals surface area contributed by atoms with Crippen molar-refractivity contribution in [3.8, 4) is 11.5 Å². The summed E-state index contributed by atoms with van der Waals surface area (Å²) in [6, 6.07) is 17.5. The minimum Gasteiger partial charge on any atom is -0.507 e. The summed E-state index contributed by atoms with van der Waals surface area (Å²) in [5, 5.41) is 64.8. The molecule has 0 aliphatic carbocycles. The van der Waals surface area contributed by atoms with Gasteiger partial charge in [0.2, 0.25) is 5.91 Å². The molecule has 360 valence electrons. The molecular formula is C47H59N7O13. The van der Waals surface area contributed by atoms with E-state index < -0.39 is 43.5 Å². The van der Waals surface area contributed by atoms with Crippen LogP contribution in [0.4, 0.5) is 0 Å². The number of amides is 1. The van der Waals surface area contributed by atoms with Crippen LogP contribution in [0, 0.1) is 13.8 Å². The number of aliphatic carboxylic acids is 4. The summed E-state index contributed by atoms with van der Waals surface area (Å²) >= 11 is 0.